The van der Waals surface area contributed by atoms with E-state index >= 15 is 0 Å². The van der Waals surface area contributed by atoms with E-state index in [1.807, 2.05) is 36.4 Å². The molecule has 0 spiro atoms. The summed E-state index contributed by atoms with van der Waals surface area (Å²) in [4.78, 5) is 35.7. The van der Waals surface area contributed by atoms with Gasteiger partial charge in [0.25, 0.3) is 5.79 Å². The monoisotopic (exact) mass is 368 g/mol. The number of esters is 2. The van der Waals surface area contributed by atoms with Gasteiger partial charge in [-0.3, -0.25) is 4.79 Å². The molecule has 0 aliphatic heterocycles. The summed E-state index contributed by atoms with van der Waals surface area (Å²) in [7, 11) is 0. The van der Waals surface area contributed by atoms with Gasteiger partial charge in [0.05, 0.1) is 11.5 Å². The molecule has 0 amide bonds. The van der Waals surface area contributed by atoms with Crippen LogP contribution in [0.1, 0.15) is 30.1 Å². The Morgan fingerprint density at radius 2 is 1.74 bits per heavy atom. The molecule has 1 N–H and O–H groups in total. The van der Waals surface area contributed by atoms with Gasteiger partial charge in [0.15, 0.2) is 0 Å². The van der Waals surface area contributed by atoms with E-state index < -0.39 is 29.7 Å². The van der Waals surface area contributed by atoms with Crippen LogP contribution in [0.15, 0.2) is 54.6 Å². The van der Waals surface area contributed by atoms with Gasteiger partial charge in [-0.25, -0.2) is 4.79 Å². The van der Waals surface area contributed by atoms with Crippen LogP contribution in [0.4, 0.5) is 0 Å². The van der Waals surface area contributed by atoms with E-state index in [9.17, 15) is 19.5 Å². The molecule has 0 saturated heterocycles. The summed E-state index contributed by atoms with van der Waals surface area (Å²) in [5.74, 6) is -4.43. The standard InChI is InChI=1S/C21H20O6/c1-14(23)26-21(18(13-22)10-11-19(21)24)27-20(25)17-9-5-8-16(12-17)15-6-3-2-4-7-15/h2-9,12-13,18-19,24H,10-11H2,1H3. The summed E-state index contributed by atoms with van der Waals surface area (Å²) in [5.41, 5.74) is 1.96. The van der Waals surface area contributed by atoms with E-state index in [2.05, 4.69) is 0 Å². The molecule has 3 atom stereocenters. The molecule has 1 saturated carbocycles. The van der Waals surface area contributed by atoms with Gasteiger partial charge in [-0.1, -0.05) is 42.5 Å². The Labute approximate surface area is 156 Å². The largest absolute Gasteiger partial charge is 0.419 e. The SMILES string of the molecule is CC(=O)OC1(OC(=O)c2cccc(-c3ccccc3)c2)C(O)CCC1C=O. The average molecular weight is 368 g/mol. The van der Waals surface area contributed by atoms with Gasteiger partial charge < -0.3 is 19.4 Å². The fraction of sp³-hybridized carbons (Fsp3) is 0.286. The lowest BCUT2D eigenvalue weighted by Crippen LogP contribution is -2.51. The molecule has 27 heavy (non-hydrogen) atoms. The first-order valence-corrected chi connectivity index (χ1v) is 8.68. The third-order valence-electron chi connectivity index (χ3n) is 4.66. The second-order valence-electron chi connectivity index (χ2n) is 6.49. The first kappa shape index (κ1) is 18.8. The summed E-state index contributed by atoms with van der Waals surface area (Å²) in [5, 5.41) is 10.3. The summed E-state index contributed by atoms with van der Waals surface area (Å²) < 4.78 is 10.6. The molecular weight excluding hydrogens is 348 g/mol. The predicted molar refractivity (Wildman–Crippen MR) is 96.6 cm³/mol. The zero-order valence-electron chi connectivity index (χ0n) is 14.8. The Bertz CT molecular complexity index is 847. The van der Waals surface area contributed by atoms with E-state index in [1.54, 1.807) is 18.2 Å². The van der Waals surface area contributed by atoms with Crippen molar-refractivity contribution >= 4 is 18.2 Å². The maximum atomic E-state index is 12.7. The number of aliphatic hydroxyl groups excluding tert-OH is 1. The molecular formula is C21H20O6. The van der Waals surface area contributed by atoms with Gasteiger partial charge in [0.1, 0.15) is 12.4 Å². The molecule has 0 heterocycles. The minimum absolute atomic E-state index is 0.189. The van der Waals surface area contributed by atoms with Crippen LogP contribution < -0.4 is 0 Å². The number of aliphatic hydroxyl groups is 1. The molecule has 6 heteroatoms. The van der Waals surface area contributed by atoms with Crippen molar-refractivity contribution in [1.29, 1.82) is 0 Å². The van der Waals surface area contributed by atoms with Gasteiger partial charge in [-0.15, -0.1) is 0 Å². The minimum Gasteiger partial charge on any atom is -0.419 e. The summed E-state index contributed by atoms with van der Waals surface area (Å²) in [6, 6.07) is 16.3. The topological polar surface area (TPSA) is 89.9 Å². The van der Waals surface area contributed by atoms with Crippen LogP contribution in [0, 0.1) is 5.92 Å². The summed E-state index contributed by atoms with van der Waals surface area (Å²) in [6.45, 7) is 1.14. The minimum atomic E-state index is -1.99. The van der Waals surface area contributed by atoms with Crippen molar-refractivity contribution in [2.24, 2.45) is 5.92 Å². The Kier molecular flexibility index (Phi) is 5.37. The molecule has 1 aliphatic carbocycles. The smallest absolute Gasteiger partial charge is 0.341 e. The van der Waals surface area contributed by atoms with E-state index in [0.29, 0.717) is 6.29 Å². The van der Waals surface area contributed by atoms with Crippen LogP contribution in [0.2, 0.25) is 0 Å². The molecule has 6 nitrogen and oxygen atoms in total. The van der Waals surface area contributed by atoms with E-state index in [-0.39, 0.29) is 18.4 Å². The van der Waals surface area contributed by atoms with Crippen LogP contribution in [0.5, 0.6) is 0 Å². The number of benzene rings is 2. The van der Waals surface area contributed by atoms with Gasteiger partial charge in [-0.2, -0.15) is 0 Å². The quantitative estimate of drug-likeness (QED) is 0.496. The van der Waals surface area contributed by atoms with Crippen molar-refractivity contribution in [2.75, 3.05) is 0 Å². The van der Waals surface area contributed by atoms with Gasteiger partial charge in [0, 0.05) is 6.92 Å². The fourth-order valence-electron chi connectivity index (χ4n) is 3.34. The van der Waals surface area contributed by atoms with Crippen molar-refractivity contribution in [1.82, 2.24) is 0 Å². The second-order valence-corrected chi connectivity index (χ2v) is 6.49. The molecule has 1 aliphatic rings. The highest BCUT2D eigenvalue weighted by molar-refractivity contribution is 5.91. The van der Waals surface area contributed by atoms with Gasteiger partial charge in [-0.05, 0) is 36.1 Å². The lowest BCUT2D eigenvalue weighted by atomic mass is 10.0. The maximum Gasteiger partial charge on any atom is 0.341 e. The predicted octanol–water partition coefficient (Wildman–Crippen LogP) is 2.74. The zero-order chi connectivity index (χ0) is 19.4. The van der Waals surface area contributed by atoms with Crippen LogP contribution >= 0.6 is 0 Å². The van der Waals surface area contributed by atoms with Crippen LogP contribution in [-0.4, -0.2) is 35.2 Å². The molecule has 2 aromatic rings. The Morgan fingerprint density at radius 3 is 2.41 bits per heavy atom. The van der Waals surface area contributed by atoms with E-state index in [1.165, 1.54) is 0 Å². The number of hydrogen-bond donors (Lipinski definition) is 1. The summed E-state index contributed by atoms with van der Waals surface area (Å²) in [6.07, 6.45) is -0.270. The molecule has 1 fully saturated rings. The van der Waals surface area contributed by atoms with Crippen molar-refractivity contribution in [3.8, 4) is 11.1 Å². The highest BCUT2D eigenvalue weighted by Gasteiger charge is 2.56. The molecule has 0 bridgehead atoms. The average Bonchev–Trinajstić information content (AvgIpc) is 2.97. The number of rotatable bonds is 5. The van der Waals surface area contributed by atoms with Crippen molar-refractivity contribution in [2.45, 2.75) is 31.7 Å². The van der Waals surface area contributed by atoms with Crippen LogP contribution in [0.3, 0.4) is 0 Å². The van der Waals surface area contributed by atoms with E-state index in [0.717, 1.165) is 18.1 Å². The van der Waals surface area contributed by atoms with Crippen LogP contribution in [0.25, 0.3) is 11.1 Å². The first-order chi connectivity index (χ1) is 13.0. The van der Waals surface area contributed by atoms with E-state index in [4.69, 9.17) is 9.47 Å². The number of carbonyl (C=O) groups is 3. The molecule has 3 unspecified atom stereocenters. The van der Waals surface area contributed by atoms with Gasteiger partial charge in [0.2, 0.25) is 0 Å². The van der Waals surface area contributed by atoms with Crippen molar-refractivity contribution in [3.63, 3.8) is 0 Å². The number of ether oxygens (including phenoxy) is 2. The van der Waals surface area contributed by atoms with Crippen molar-refractivity contribution < 1.29 is 29.0 Å². The third kappa shape index (κ3) is 3.75. The second kappa shape index (κ2) is 7.72. The maximum absolute atomic E-state index is 12.7. The highest BCUT2D eigenvalue weighted by Crippen LogP contribution is 2.40. The first-order valence-electron chi connectivity index (χ1n) is 8.68. The molecule has 0 radical (unpaired) electrons. The molecule has 0 aromatic heterocycles. The third-order valence-corrected chi connectivity index (χ3v) is 4.66. The lowest BCUT2D eigenvalue weighted by Gasteiger charge is -2.34. The highest BCUT2D eigenvalue weighted by atomic mass is 16.7. The fourth-order valence-corrected chi connectivity index (χ4v) is 3.34. The number of aldehydes is 1. The summed E-state index contributed by atoms with van der Waals surface area (Å²) >= 11 is 0. The number of carbonyl (C=O) groups excluding carboxylic acids is 3. The Balaban J connectivity index is 1.91. The Hall–Kier alpha value is -2.99. The lowest BCUT2D eigenvalue weighted by molar-refractivity contribution is -0.247. The van der Waals surface area contributed by atoms with Crippen molar-refractivity contribution in [3.05, 3.63) is 60.2 Å². The van der Waals surface area contributed by atoms with Gasteiger partial charge >= 0.3 is 11.9 Å². The Morgan fingerprint density at radius 1 is 1.04 bits per heavy atom. The zero-order valence-corrected chi connectivity index (χ0v) is 14.8. The molecule has 3 rings (SSSR count). The van der Waals surface area contributed by atoms with Crippen LogP contribution in [-0.2, 0) is 19.1 Å². The molecule has 140 valence electrons. The molecule has 2 aromatic carbocycles. The number of hydrogen-bond acceptors (Lipinski definition) is 6. The normalized spacial score (nSPS) is 24.2.